The fourth-order valence-corrected chi connectivity index (χ4v) is 2.17. The Labute approximate surface area is 105 Å². The first-order valence-electron chi connectivity index (χ1n) is 6.66. The van der Waals surface area contributed by atoms with Gasteiger partial charge >= 0.3 is 0 Å². The van der Waals surface area contributed by atoms with Gasteiger partial charge in [-0.25, -0.2) is 0 Å². The van der Waals surface area contributed by atoms with E-state index in [1.807, 2.05) is 0 Å². The van der Waals surface area contributed by atoms with E-state index in [0.29, 0.717) is 12.7 Å². The number of nitrogens with zero attached hydrogens (tertiary/aromatic N) is 1. The number of hydrogen-bond donors (Lipinski definition) is 2. The monoisotopic (exact) mass is 244 g/mol. The Morgan fingerprint density at radius 1 is 1.41 bits per heavy atom. The summed E-state index contributed by atoms with van der Waals surface area (Å²) < 4.78 is 5.56. The smallest absolute Gasteiger partial charge is 0.0701 e. The van der Waals surface area contributed by atoms with Crippen LogP contribution in [0.15, 0.2) is 0 Å². The van der Waals surface area contributed by atoms with E-state index in [-0.39, 0.29) is 18.1 Å². The largest absolute Gasteiger partial charge is 0.394 e. The molecule has 1 heterocycles. The van der Waals surface area contributed by atoms with Crippen molar-refractivity contribution in [3.8, 4) is 0 Å². The number of piperidine rings is 1. The van der Waals surface area contributed by atoms with E-state index in [4.69, 9.17) is 15.6 Å². The van der Waals surface area contributed by atoms with Crippen molar-refractivity contribution in [3.05, 3.63) is 0 Å². The minimum atomic E-state index is 0.123. The molecule has 1 saturated heterocycles. The summed E-state index contributed by atoms with van der Waals surface area (Å²) in [7, 11) is 0. The average molecular weight is 244 g/mol. The molecule has 0 spiro atoms. The highest BCUT2D eigenvalue weighted by molar-refractivity contribution is 4.83. The SMILES string of the molecule is CC(N)C(C)(C)CN1CCC(OCCO)CC1. The molecule has 0 aromatic carbocycles. The quantitative estimate of drug-likeness (QED) is 0.727. The number of likely N-dealkylation sites (tertiary alicyclic amines) is 1. The number of aliphatic hydroxyl groups excluding tert-OH is 1. The lowest BCUT2D eigenvalue weighted by molar-refractivity contribution is -0.0140. The molecular formula is C13H28N2O2. The summed E-state index contributed by atoms with van der Waals surface area (Å²) in [5, 5.41) is 8.71. The molecular weight excluding hydrogens is 216 g/mol. The Balaban J connectivity index is 2.27. The van der Waals surface area contributed by atoms with Gasteiger partial charge in [0.25, 0.3) is 0 Å². The maximum Gasteiger partial charge on any atom is 0.0701 e. The molecule has 0 radical (unpaired) electrons. The number of ether oxygens (including phenoxy) is 1. The Morgan fingerprint density at radius 3 is 2.47 bits per heavy atom. The van der Waals surface area contributed by atoms with Crippen LogP contribution in [0.3, 0.4) is 0 Å². The molecule has 0 amide bonds. The number of nitrogens with two attached hydrogens (primary N) is 1. The van der Waals surface area contributed by atoms with Crippen LogP contribution in [0.25, 0.3) is 0 Å². The fourth-order valence-electron chi connectivity index (χ4n) is 2.17. The van der Waals surface area contributed by atoms with Crippen LogP contribution in [-0.4, -0.2) is 55.0 Å². The second-order valence-electron chi connectivity index (χ2n) is 5.85. The van der Waals surface area contributed by atoms with Crippen molar-refractivity contribution in [1.29, 1.82) is 0 Å². The van der Waals surface area contributed by atoms with Gasteiger partial charge in [0.15, 0.2) is 0 Å². The molecule has 102 valence electrons. The van der Waals surface area contributed by atoms with Crippen LogP contribution in [0.1, 0.15) is 33.6 Å². The normalized spacial score (nSPS) is 21.7. The Bertz CT molecular complexity index is 211. The summed E-state index contributed by atoms with van der Waals surface area (Å²) >= 11 is 0. The van der Waals surface area contributed by atoms with Gasteiger partial charge < -0.3 is 20.5 Å². The minimum absolute atomic E-state index is 0.123. The van der Waals surface area contributed by atoms with Crippen molar-refractivity contribution < 1.29 is 9.84 Å². The van der Waals surface area contributed by atoms with E-state index >= 15 is 0 Å². The maximum atomic E-state index is 8.71. The summed E-state index contributed by atoms with van der Waals surface area (Å²) in [6, 6.07) is 0.214. The van der Waals surface area contributed by atoms with Gasteiger partial charge in [0, 0.05) is 25.7 Å². The van der Waals surface area contributed by atoms with E-state index in [1.165, 1.54) is 0 Å². The lowest BCUT2D eigenvalue weighted by Crippen LogP contribution is -2.47. The third kappa shape index (κ3) is 4.92. The third-order valence-electron chi connectivity index (χ3n) is 3.84. The van der Waals surface area contributed by atoms with Crippen molar-refractivity contribution in [2.24, 2.45) is 11.1 Å². The van der Waals surface area contributed by atoms with Crippen molar-refractivity contribution in [1.82, 2.24) is 4.90 Å². The van der Waals surface area contributed by atoms with Gasteiger partial charge in [-0.3, -0.25) is 0 Å². The predicted molar refractivity (Wildman–Crippen MR) is 69.9 cm³/mol. The van der Waals surface area contributed by atoms with Gasteiger partial charge in [-0.2, -0.15) is 0 Å². The van der Waals surface area contributed by atoms with Crippen LogP contribution in [0.4, 0.5) is 0 Å². The first kappa shape index (κ1) is 14.9. The minimum Gasteiger partial charge on any atom is -0.394 e. The zero-order valence-corrected chi connectivity index (χ0v) is 11.5. The number of rotatable bonds is 6. The summed E-state index contributed by atoms with van der Waals surface area (Å²) in [6.07, 6.45) is 2.46. The molecule has 4 heteroatoms. The summed E-state index contributed by atoms with van der Waals surface area (Å²) in [4.78, 5) is 2.47. The molecule has 1 fully saturated rings. The van der Waals surface area contributed by atoms with E-state index in [1.54, 1.807) is 0 Å². The Hall–Kier alpha value is -0.160. The van der Waals surface area contributed by atoms with Gasteiger partial charge in [0.2, 0.25) is 0 Å². The molecule has 0 aromatic rings. The number of hydrogen-bond acceptors (Lipinski definition) is 4. The van der Waals surface area contributed by atoms with Crippen molar-refractivity contribution >= 4 is 0 Å². The van der Waals surface area contributed by atoms with E-state index in [0.717, 1.165) is 32.5 Å². The molecule has 17 heavy (non-hydrogen) atoms. The second-order valence-corrected chi connectivity index (χ2v) is 5.85. The lowest BCUT2D eigenvalue weighted by atomic mass is 9.85. The summed E-state index contributed by atoms with van der Waals surface area (Å²) in [5.41, 5.74) is 6.17. The van der Waals surface area contributed by atoms with Gasteiger partial charge in [0.05, 0.1) is 19.3 Å². The van der Waals surface area contributed by atoms with Crippen LogP contribution < -0.4 is 5.73 Å². The number of aliphatic hydroxyl groups is 1. The van der Waals surface area contributed by atoms with Crippen LogP contribution >= 0.6 is 0 Å². The van der Waals surface area contributed by atoms with Crippen LogP contribution in [0, 0.1) is 5.41 Å². The molecule has 1 aliphatic rings. The molecule has 1 unspecified atom stereocenters. The average Bonchev–Trinajstić information content (AvgIpc) is 2.27. The third-order valence-corrected chi connectivity index (χ3v) is 3.84. The van der Waals surface area contributed by atoms with Crippen molar-refractivity contribution in [2.45, 2.75) is 45.8 Å². The molecule has 1 rings (SSSR count). The highest BCUT2D eigenvalue weighted by Crippen LogP contribution is 2.23. The predicted octanol–water partition coefficient (Wildman–Crippen LogP) is 0.833. The van der Waals surface area contributed by atoms with Crippen LogP contribution in [-0.2, 0) is 4.74 Å². The zero-order valence-electron chi connectivity index (χ0n) is 11.5. The van der Waals surface area contributed by atoms with Gasteiger partial charge in [-0.1, -0.05) is 13.8 Å². The van der Waals surface area contributed by atoms with Crippen molar-refractivity contribution in [3.63, 3.8) is 0 Å². The van der Waals surface area contributed by atoms with E-state index < -0.39 is 0 Å². The van der Waals surface area contributed by atoms with Crippen molar-refractivity contribution in [2.75, 3.05) is 32.8 Å². The Kier molecular flexibility index (Phi) is 5.86. The van der Waals surface area contributed by atoms with Gasteiger partial charge in [-0.05, 0) is 25.2 Å². The summed E-state index contributed by atoms with van der Waals surface area (Å²) in [5.74, 6) is 0. The van der Waals surface area contributed by atoms with Crippen LogP contribution in [0.5, 0.6) is 0 Å². The molecule has 0 aromatic heterocycles. The molecule has 1 aliphatic heterocycles. The first-order valence-corrected chi connectivity index (χ1v) is 6.66. The zero-order chi connectivity index (χ0) is 12.9. The second kappa shape index (κ2) is 6.69. The summed E-state index contributed by atoms with van der Waals surface area (Å²) in [6.45, 7) is 10.3. The topological polar surface area (TPSA) is 58.7 Å². The highest BCUT2D eigenvalue weighted by atomic mass is 16.5. The van der Waals surface area contributed by atoms with Crippen LogP contribution in [0.2, 0.25) is 0 Å². The standard InChI is InChI=1S/C13H28N2O2/c1-11(14)13(2,3)10-15-6-4-12(5-7-15)17-9-8-16/h11-12,16H,4-10,14H2,1-3H3. The van der Waals surface area contributed by atoms with Gasteiger partial charge in [0.1, 0.15) is 0 Å². The first-order chi connectivity index (χ1) is 7.95. The molecule has 0 saturated carbocycles. The fraction of sp³-hybridized carbons (Fsp3) is 1.00. The molecule has 4 nitrogen and oxygen atoms in total. The lowest BCUT2D eigenvalue weighted by Gasteiger charge is -2.39. The van der Waals surface area contributed by atoms with E-state index in [9.17, 15) is 0 Å². The Morgan fingerprint density at radius 2 is 2.00 bits per heavy atom. The molecule has 1 atom stereocenters. The van der Waals surface area contributed by atoms with E-state index in [2.05, 4.69) is 25.7 Å². The molecule has 0 aliphatic carbocycles. The highest BCUT2D eigenvalue weighted by Gasteiger charge is 2.28. The molecule has 0 bridgehead atoms. The van der Waals surface area contributed by atoms with Gasteiger partial charge in [-0.15, -0.1) is 0 Å². The maximum absolute atomic E-state index is 8.71. The molecule has 3 N–H and O–H groups in total.